The van der Waals surface area contributed by atoms with Crippen LogP contribution < -0.4 is 4.74 Å². The Morgan fingerprint density at radius 1 is 1.21 bits per heavy atom. The molecular formula is C17H26O2. The van der Waals surface area contributed by atoms with Gasteiger partial charge in [0.2, 0.25) is 0 Å². The van der Waals surface area contributed by atoms with Gasteiger partial charge in [0.25, 0.3) is 0 Å². The van der Waals surface area contributed by atoms with E-state index in [1.54, 1.807) is 7.11 Å². The largest absolute Gasteiger partial charge is 0.496 e. The lowest BCUT2D eigenvalue weighted by Crippen LogP contribution is -2.23. The first kappa shape index (κ1) is 14.4. The lowest BCUT2D eigenvalue weighted by atomic mass is 9.79. The van der Waals surface area contributed by atoms with Gasteiger partial charge in [0.1, 0.15) is 5.75 Å². The normalized spacial score (nSPS) is 17.5. The van der Waals surface area contributed by atoms with E-state index < -0.39 is 0 Å². The van der Waals surface area contributed by atoms with Crippen molar-refractivity contribution in [3.05, 3.63) is 29.3 Å². The Kier molecular flexibility index (Phi) is 4.51. The minimum Gasteiger partial charge on any atom is -0.496 e. The Morgan fingerprint density at radius 3 is 2.47 bits per heavy atom. The molecule has 1 aromatic carbocycles. The van der Waals surface area contributed by atoms with Crippen molar-refractivity contribution in [2.75, 3.05) is 13.7 Å². The fourth-order valence-electron chi connectivity index (χ4n) is 3.03. The van der Waals surface area contributed by atoms with Crippen molar-refractivity contribution in [3.63, 3.8) is 0 Å². The molecule has 0 spiro atoms. The highest BCUT2D eigenvalue weighted by Crippen LogP contribution is 2.38. The highest BCUT2D eigenvalue weighted by atomic mass is 16.5. The van der Waals surface area contributed by atoms with Gasteiger partial charge in [-0.15, -0.1) is 0 Å². The molecule has 0 aliphatic heterocycles. The second-order valence-corrected chi connectivity index (χ2v) is 6.34. The molecule has 0 radical (unpaired) electrons. The van der Waals surface area contributed by atoms with Crippen LogP contribution in [0.15, 0.2) is 18.2 Å². The maximum Gasteiger partial charge on any atom is 0.122 e. The summed E-state index contributed by atoms with van der Waals surface area (Å²) in [7, 11) is 1.70. The number of methoxy groups -OCH3 is 1. The highest BCUT2D eigenvalue weighted by Gasteiger charge is 2.25. The molecule has 0 unspecified atom stereocenters. The van der Waals surface area contributed by atoms with Crippen molar-refractivity contribution >= 4 is 0 Å². The lowest BCUT2D eigenvalue weighted by molar-refractivity contribution is 0.214. The molecule has 2 heteroatoms. The first-order valence-corrected chi connectivity index (χ1v) is 7.38. The van der Waals surface area contributed by atoms with Crippen molar-refractivity contribution in [1.29, 1.82) is 0 Å². The van der Waals surface area contributed by atoms with E-state index in [0.29, 0.717) is 5.92 Å². The Labute approximate surface area is 116 Å². The Balaban J connectivity index is 2.34. The number of aliphatic hydroxyl groups is 1. The molecule has 0 heterocycles. The summed E-state index contributed by atoms with van der Waals surface area (Å²) in [5.41, 5.74) is 2.29. The van der Waals surface area contributed by atoms with Gasteiger partial charge in [0, 0.05) is 11.0 Å². The summed E-state index contributed by atoms with van der Waals surface area (Å²) in [4.78, 5) is 0. The number of benzene rings is 1. The topological polar surface area (TPSA) is 29.5 Å². The molecule has 1 aliphatic rings. The average molecular weight is 262 g/mol. The van der Waals surface area contributed by atoms with Crippen LogP contribution in [0.5, 0.6) is 5.75 Å². The van der Waals surface area contributed by atoms with E-state index in [1.165, 1.54) is 37.7 Å². The number of hydrogen-bond donors (Lipinski definition) is 1. The van der Waals surface area contributed by atoms with Gasteiger partial charge in [0.05, 0.1) is 13.7 Å². The van der Waals surface area contributed by atoms with Crippen molar-refractivity contribution in [1.82, 2.24) is 0 Å². The standard InChI is InChI=1S/C17H26O2/c1-17(2,12-18)15-11-14(9-10-16(15)19-3)13-7-5-4-6-8-13/h9-11,13,18H,4-8,12H2,1-3H3. The number of aliphatic hydroxyl groups excluding tert-OH is 1. The Bertz CT molecular complexity index is 417. The van der Waals surface area contributed by atoms with Crippen LogP contribution in [0, 0.1) is 0 Å². The lowest BCUT2D eigenvalue weighted by Gasteiger charge is -2.28. The van der Waals surface area contributed by atoms with E-state index >= 15 is 0 Å². The van der Waals surface area contributed by atoms with Crippen molar-refractivity contribution < 1.29 is 9.84 Å². The van der Waals surface area contributed by atoms with Gasteiger partial charge < -0.3 is 9.84 Å². The Hall–Kier alpha value is -1.02. The van der Waals surface area contributed by atoms with Crippen molar-refractivity contribution in [2.24, 2.45) is 0 Å². The zero-order valence-electron chi connectivity index (χ0n) is 12.4. The van der Waals surface area contributed by atoms with Gasteiger partial charge in [-0.2, -0.15) is 0 Å². The van der Waals surface area contributed by atoms with Gasteiger partial charge in [-0.3, -0.25) is 0 Å². The zero-order chi connectivity index (χ0) is 13.9. The summed E-state index contributed by atoms with van der Waals surface area (Å²) in [5, 5.41) is 9.61. The predicted molar refractivity (Wildman–Crippen MR) is 78.9 cm³/mol. The molecule has 0 bridgehead atoms. The zero-order valence-corrected chi connectivity index (χ0v) is 12.4. The third-order valence-corrected chi connectivity index (χ3v) is 4.42. The molecule has 1 saturated carbocycles. The van der Waals surface area contributed by atoms with Crippen LogP contribution in [0.4, 0.5) is 0 Å². The van der Waals surface area contributed by atoms with Gasteiger partial charge in [-0.25, -0.2) is 0 Å². The number of ether oxygens (including phenoxy) is 1. The molecular weight excluding hydrogens is 236 g/mol. The van der Waals surface area contributed by atoms with Gasteiger partial charge in [-0.1, -0.05) is 45.2 Å². The fraction of sp³-hybridized carbons (Fsp3) is 0.647. The van der Waals surface area contributed by atoms with E-state index in [-0.39, 0.29) is 12.0 Å². The fourth-order valence-corrected chi connectivity index (χ4v) is 3.03. The summed E-state index contributed by atoms with van der Waals surface area (Å²) in [5.74, 6) is 1.58. The second-order valence-electron chi connectivity index (χ2n) is 6.34. The van der Waals surface area contributed by atoms with Gasteiger partial charge in [-0.05, 0) is 30.4 Å². The van der Waals surface area contributed by atoms with E-state index in [9.17, 15) is 5.11 Å². The van der Waals surface area contributed by atoms with Crippen molar-refractivity contribution in [3.8, 4) is 5.75 Å². The van der Waals surface area contributed by atoms with Gasteiger partial charge >= 0.3 is 0 Å². The number of hydrogen-bond acceptors (Lipinski definition) is 2. The highest BCUT2D eigenvalue weighted by molar-refractivity contribution is 5.43. The third-order valence-electron chi connectivity index (χ3n) is 4.42. The molecule has 0 atom stereocenters. The van der Waals surface area contributed by atoms with Crippen LogP contribution in [-0.2, 0) is 5.41 Å². The summed E-state index contributed by atoms with van der Waals surface area (Å²) in [6, 6.07) is 6.52. The van der Waals surface area contributed by atoms with Crippen molar-refractivity contribution in [2.45, 2.75) is 57.3 Å². The smallest absolute Gasteiger partial charge is 0.122 e. The number of rotatable bonds is 4. The maximum atomic E-state index is 9.61. The molecule has 1 aromatic rings. The molecule has 106 valence electrons. The molecule has 19 heavy (non-hydrogen) atoms. The molecule has 2 nitrogen and oxygen atoms in total. The third kappa shape index (κ3) is 3.11. The van der Waals surface area contributed by atoms with Crippen LogP contribution in [0.25, 0.3) is 0 Å². The molecule has 1 aliphatic carbocycles. The Morgan fingerprint density at radius 2 is 1.89 bits per heavy atom. The minimum atomic E-state index is -0.254. The van der Waals surface area contributed by atoms with Gasteiger partial charge in [0.15, 0.2) is 0 Å². The van der Waals surface area contributed by atoms with Crippen LogP contribution in [0.1, 0.15) is 63.0 Å². The molecule has 0 aromatic heterocycles. The van der Waals surface area contributed by atoms with Crippen LogP contribution >= 0.6 is 0 Å². The average Bonchev–Trinajstić information content (AvgIpc) is 2.47. The SMILES string of the molecule is COc1ccc(C2CCCCC2)cc1C(C)(C)CO. The van der Waals surface area contributed by atoms with E-state index in [0.717, 1.165) is 11.3 Å². The van der Waals surface area contributed by atoms with E-state index in [4.69, 9.17) is 4.74 Å². The quantitative estimate of drug-likeness (QED) is 0.888. The van der Waals surface area contributed by atoms with Crippen LogP contribution in [-0.4, -0.2) is 18.8 Å². The molecule has 1 fully saturated rings. The van der Waals surface area contributed by atoms with Crippen LogP contribution in [0.2, 0.25) is 0 Å². The first-order valence-electron chi connectivity index (χ1n) is 7.38. The predicted octanol–water partition coefficient (Wildman–Crippen LogP) is 4.01. The molecule has 0 amide bonds. The summed E-state index contributed by atoms with van der Waals surface area (Å²) < 4.78 is 5.46. The molecule has 0 saturated heterocycles. The summed E-state index contributed by atoms with van der Waals surface area (Å²) >= 11 is 0. The maximum absolute atomic E-state index is 9.61. The summed E-state index contributed by atoms with van der Waals surface area (Å²) in [6.07, 6.45) is 6.66. The monoisotopic (exact) mass is 262 g/mol. The second kappa shape index (κ2) is 5.96. The molecule has 1 N–H and O–H groups in total. The summed E-state index contributed by atoms with van der Waals surface area (Å²) in [6.45, 7) is 4.27. The van der Waals surface area contributed by atoms with Crippen LogP contribution in [0.3, 0.4) is 0 Å². The van der Waals surface area contributed by atoms with E-state index in [2.05, 4.69) is 32.0 Å². The molecule has 2 rings (SSSR count). The van der Waals surface area contributed by atoms with E-state index in [1.807, 2.05) is 0 Å². The first-order chi connectivity index (χ1) is 9.08. The minimum absolute atomic E-state index is 0.136.